The Labute approximate surface area is 110 Å². The average Bonchev–Trinajstić information content (AvgIpc) is 2.41. The minimum atomic E-state index is 0.438. The van der Waals surface area contributed by atoms with Crippen LogP contribution in [0.25, 0.3) is 0 Å². The molecule has 0 radical (unpaired) electrons. The number of nitrogens with zero attached hydrogens (tertiary/aromatic N) is 2. The fraction of sp³-hybridized carbons (Fsp3) is 0.714. The Hall–Kier alpha value is -1.16. The minimum Gasteiger partial charge on any atom is -0.381 e. The van der Waals surface area contributed by atoms with Crippen LogP contribution in [0.2, 0.25) is 0 Å². The molecule has 0 amide bonds. The maximum Gasteiger partial charge on any atom is 0.107 e. The third kappa shape index (κ3) is 4.26. The van der Waals surface area contributed by atoms with Crippen LogP contribution in [0, 0.1) is 11.3 Å². The van der Waals surface area contributed by atoms with Gasteiger partial charge in [-0.3, -0.25) is 10.4 Å². The lowest BCUT2D eigenvalue weighted by atomic mass is 9.98. The molecule has 0 aliphatic carbocycles. The van der Waals surface area contributed by atoms with Crippen molar-refractivity contribution in [1.29, 1.82) is 5.41 Å². The predicted molar refractivity (Wildman–Crippen MR) is 76.4 cm³/mol. The van der Waals surface area contributed by atoms with E-state index in [9.17, 15) is 0 Å². The van der Waals surface area contributed by atoms with Crippen LogP contribution in [0.4, 0.5) is 0 Å². The van der Waals surface area contributed by atoms with E-state index in [4.69, 9.17) is 10.1 Å². The Morgan fingerprint density at radius 1 is 1.50 bits per heavy atom. The summed E-state index contributed by atoms with van der Waals surface area (Å²) < 4.78 is 5.38. The van der Waals surface area contributed by atoms with Gasteiger partial charge in [0.15, 0.2) is 0 Å². The summed E-state index contributed by atoms with van der Waals surface area (Å²) in [5, 5.41) is 8.11. The summed E-state index contributed by atoms with van der Waals surface area (Å²) in [5.74, 6) is 2.11. The summed E-state index contributed by atoms with van der Waals surface area (Å²) in [5.41, 5.74) is 0. The molecule has 0 atom stereocenters. The Morgan fingerprint density at radius 2 is 2.17 bits per heavy atom. The summed E-state index contributed by atoms with van der Waals surface area (Å²) in [7, 11) is 3.77. The first kappa shape index (κ1) is 14.9. The van der Waals surface area contributed by atoms with Gasteiger partial charge in [0.2, 0.25) is 0 Å². The Morgan fingerprint density at radius 3 is 2.72 bits per heavy atom. The highest BCUT2D eigenvalue weighted by Gasteiger charge is 2.23. The Bertz CT molecular complexity index is 306. The largest absolute Gasteiger partial charge is 0.381 e. The molecular weight excluding hydrogens is 226 g/mol. The van der Waals surface area contributed by atoms with Crippen LogP contribution in [-0.2, 0) is 4.74 Å². The van der Waals surface area contributed by atoms with Crippen molar-refractivity contribution in [2.45, 2.75) is 32.1 Å². The lowest BCUT2D eigenvalue weighted by Crippen LogP contribution is -2.39. The number of ether oxygens (including phenoxy) is 1. The SMILES string of the molecule is C=CCCCC(=N)N(C)C(=NC)C1CCOCC1. The number of allylic oxidation sites excluding steroid dienone is 1. The molecule has 4 heteroatoms. The second-order valence-electron chi connectivity index (χ2n) is 4.66. The van der Waals surface area contributed by atoms with Crippen LogP contribution < -0.4 is 0 Å². The first-order valence-corrected chi connectivity index (χ1v) is 6.67. The molecular formula is C14H25N3O. The maximum absolute atomic E-state index is 8.11. The second kappa shape index (κ2) is 8.03. The molecule has 102 valence electrons. The third-order valence-corrected chi connectivity index (χ3v) is 3.39. The summed E-state index contributed by atoms with van der Waals surface area (Å²) in [6, 6.07) is 0. The average molecular weight is 251 g/mol. The van der Waals surface area contributed by atoms with E-state index < -0.39 is 0 Å². The van der Waals surface area contributed by atoms with Crippen molar-refractivity contribution in [3.05, 3.63) is 12.7 Å². The molecule has 1 heterocycles. The molecule has 4 nitrogen and oxygen atoms in total. The first-order chi connectivity index (χ1) is 8.70. The Kier molecular flexibility index (Phi) is 6.65. The first-order valence-electron chi connectivity index (χ1n) is 6.67. The van der Waals surface area contributed by atoms with E-state index in [1.807, 2.05) is 25.1 Å². The van der Waals surface area contributed by atoms with Gasteiger partial charge in [-0.2, -0.15) is 0 Å². The molecule has 1 fully saturated rings. The van der Waals surface area contributed by atoms with E-state index in [0.29, 0.717) is 11.8 Å². The smallest absolute Gasteiger partial charge is 0.107 e. The zero-order valence-corrected chi connectivity index (χ0v) is 11.6. The number of aliphatic imine (C=N–C) groups is 1. The van der Waals surface area contributed by atoms with Crippen molar-refractivity contribution in [1.82, 2.24) is 4.90 Å². The highest BCUT2D eigenvalue weighted by atomic mass is 16.5. The fourth-order valence-corrected chi connectivity index (χ4v) is 2.28. The number of rotatable bonds is 5. The molecule has 1 aliphatic rings. The maximum atomic E-state index is 8.11. The normalized spacial score (nSPS) is 17.6. The molecule has 1 rings (SSSR count). The van der Waals surface area contributed by atoms with E-state index in [1.54, 1.807) is 0 Å². The van der Waals surface area contributed by atoms with Gasteiger partial charge in [-0.05, 0) is 25.7 Å². The van der Waals surface area contributed by atoms with Crippen molar-refractivity contribution in [2.24, 2.45) is 10.9 Å². The number of amidine groups is 2. The van der Waals surface area contributed by atoms with Crippen LogP contribution in [0.15, 0.2) is 17.6 Å². The van der Waals surface area contributed by atoms with Crippen molar-refractivity contribution in [3.63, 3.8) is 0 Å². The van der Waals surface area contributed by atoms with Crippen LogP contribution in [0.3, 0.4) is 0 Å². The summed E-state index contributed by atoms with van der Waals surface area (Å²) >= 11 is 0. The highest BCUT2D eigenvalue weighted by Crippen LogP contribution is 2.19. The van der Waals surface area contributed by atoms with Crippen LogP contribution in [0.1, 0.15) is 32.1 Å². The molecule has 1 aliphatic heterocycles. The predicted octanol–water partition coefficient (Wildman–Crippen LogP) is 2.71. The number of hydrogen-bond donors (Lipinski definition) is 1. The molecule has 0 unspecified atom stereocenters. The molecule has 1 N–H and O–H groups in total. The second-order valence-corrected chi connectivity index (χ2v) is 4.66. The van der Waals surface area contributed by atoms with Gasteiger partial charge < -0.3 is 9.64 Å². The van der Waals surface area contributed by atoms with Gasteiger partial charge in [0.1, 0.15) is 11.7 Å². The summed E-state index contributed by atoms with van der Waals surface area (Å²) in [4.78, 5) is 6.33. The van der Waals surface area contributed by atoms with E-state index in [1.165, 1.54) is 0 Å². The summed E-state index contributed by atoms with van der Waals surface area (Å²) in [6.07, 6.45) is 6.66. The zero-order chi connectivity index (χ0) is 13.4. The van der Waals surface area contributed by atoms with Crippen molar-refractivity contribution in [3.8, 4) is 0 Å². The zero-order valence-electron chi connectivity index (χ0n) is 11.6. The molecule has 0 aromatic rings. The highest BCUT2D eigenvalue weighted by molar-refractivity contribution is 6.00. The topological polar surface area (TPSA) is 48.7 Å². The summed E-state index contributed by atoms with van der Waals surface area (Å²) in [6.45, 7) is 5.32. The van der Waals surface area contributed by atoms with E-state index in [2.05, 4.69) is 11.6 Å². The number of hydrogen-bond acceptors (Lipinski definition) is 3. The lowest BCUT2D eigenvalue weighted by molar-refractivity contribution is 0.0810. The van der Waals surface area contributed by atoms with Gasteiger partial charge in [0.25, 0.3) is 0 Å². The van der Waals surface area contributed by atoms with E-state index in [0.717, 1.165) is 51.2 Å². The van der Waals surface area contributed by atoms with Gasteiger partial charge in [-0.1, -0.05) is 6.08 Å². The molecule has 0 saturated carbocycles. The van der Waals surface area contributed by atoms with E-state index in [-0.39, 0.29) is 0 Å². The number of unbranched alkanes of at least 4 members (excludes halogenated alkanes) is 1. The van der Waals surface area contributed by atoms with Crippen molar-refractivity contribution < 1.29 is 4.74 Å². The standard InChI is InChI=1S/C14H25N3O/c1-4-5-6-7-13(15)17(3)14(16-2)12-8-10-18-11-9-12/h4,12,15H,1,5-11H2,2-3H3. The third-order valence-electron chi connectivity index (χ3n) is 3.39. The van der Waals surface area contributed by atoms with Crippen LogP contribution >= 0.6 is 0 Å². The van der Waals surface area contributed by atoms with Gasteiger partial charge in [0.05, 0.1) is 0 Å². The molecule has 18 heavy (non-hydrogen) atoms. The molecule has 0 spiro atoms. The Balaban J connectivity index is 2.52. The van der Waals surface area contributed by atoms with E-state index >= 15 is 0 Å². The monoisotopic (exact) mass is 251 g/mol. The van der Waals surface area contributed by atoms with Crippen molar-refractivity contribution in [2.75, 3.05) is 27.3 Å². The van der Waals surface area contributed by atoms with Gasteiger partial charge in [-0.15, -0.1) is 6.58 Å². The number of nitrogens with one attached hydrogen (secondary N) is 1. The lowest BCUT2D eigenvalue weighted by Gasteiger charge is -2.30. The van der Waals surface area contributed by atoms with Crippen LogP contribution in [0.5, 0.6) is 0 Å². The quantitative estimate of drug-likeness (QED) is 0.353. The molecule has 0 aromatic heterocycles. The fourth-order valence-electron chi connectivity index (χ4n) is 2.28. The molecule has 0 aromatic carbocycles. The van der Waals surface area contributed by atoms with Crippen molar-refractivity contribution >= 4 is 11.7 Å². The van der Waals surface area contributed by atoms with Gasteiger partial charge in [0, 0.05) is 39.6 Å². The molecule has 1 saturated heterocycles. The van der Waals surface area contributed by atoms with Crippen LogP contribution in [-0.4, -0.2) is 43.9 Å². The van der Waals surface area contributed by atoms with Gasteiger partial charge >= 0.3 is 0 Å². The molecule has 0 bridgehead atoms. The minimum absolute atomic E-state index is 0.438. The van der Waals surface area contributed by atoms with Gasteiger partial charge in [-0.25, -0.2) is 0 Å².